The second-order valence-corrected chi connectivity index (χ2v) is 15.9. The van der Waals surface area contributed by atoms with Gasteiger partial charge >= 0.3 is 5.97 Å². The summed E-state index contributed by atoms with van der Waals surface area (Å²) in [6.45, 7) is 20.4. The molecule has 36 heavy (non-hydrogen) atoms. The number of rotatable bonds is 3. The van der Waals surface area contributed by atoms with Crippen LogP contribution >= 0.6 is 0 Å². The van der Waals surface area contributed by atoms with Crippen molar-refractivity contribution in [1.82, 2.24) is 0 Å². The molecule has 0 spiro atoms. The van der Waals surface area contributed by atoms with E-state index in [1.807, 2.05) is 13.8 Å². The van der Waals surface area contributed by atoms with Gasteiger partial charge in [-0.15, -0.1) is 0 Å². The lowest BCUT2D eigenvalue weighted by atomic mass is 9.35. The Morgan fingerprint density at radius 2 is 1.47 bits per heavy atom. The summed E-state index contributed by atoms with van der Waals surface area (Å²) in [5.74, 6) is 2.49. The molecule has 206 valence electrons. The Morgan fingerprint density at radius 3 is 2.08 bits per heavy atom. The number of ether oxygens (including phenoxy) is 2. The van der Waals surface area contributed by atoms with Crippen molar-refractivity contribution < 1.29 is 19.4 Å². The normalized spacial score (nSPS) is 52.3. The van der Waals surface area contributed by atoms with E-state index in [2.05, 4.69) is 41.5 Å². The van der Waals surface area contributed by atoms with Crippen molar-refractivity contribution in [2.45, 2.75) is 150 Å². The van der Waals surface area contributed by atoms with Gasteiger partial charge in [0.15, 0.2) is 0 Å². The van der Waals surface area contributed by atoms with Crippen molar-refractivity contribution >= 4 is 5.97 Å². The average Bonchev–Trinajstić information content (AvgIpc) is 3.32. The number of esters is 1. The zero-order valence-electron chi connectivity index (χ0n) is 24.7. The van der Waals surface area contributed by atoms with Crippen LogP contribution in [0.2, 0.25) is 0 Å². The number of fused-ring (bicyclic) bond motifs is 5. The molecular formula is C32H54O4. The topological polar surface area (TPSA) is 55.8 Å². The molecule has 1 heterocycles. The van der Waals surface area contributed by atoms with Crippen LogP contribution < -0.4 is 0 Å². The second-order valence-electron chi connectivity index (χ2n) is 15.9. The van der Waals surface area contributed by atoms with Crippen LogP contribution in [0.1, 0.15) is 127 Å². The molecule has 0 radical (unpaired) electrons. The van der Waals surface area contributed by atoms with E-state index in [4.69, 9.17) is 9.47 Å². The van der Waals surface area contributed by atoms with Crippen LogP contribution in [0.3, 0.4) is 0 Å². The smallest absolute Gasteiger partial charge is 0.302 e. The zero-order chi connectivity index (χ0) is 26.5. The molecule has 0 bridgehead atoms. The lowest BCUT2D eigenvalue weighted by Crippen LogP contribution is -2.64. The van der Waals surface area contributed by atoms with Crippen LogP contribution in [0.25, 0.3) is 0 Å². The molecule has 1 aliphatic heterocycles. The lowest BCUT2D eigenvalue weighted by Gasteiger charge is -2.70. The number of hydrogen-bond acceptors (Lipinski definition) is 4. The van der Waals surface area contributed by atoms with Gasteiger partial charge in [0.1, 0.15) is 6.10 Å². The lowest BCUT2D eigenvalue weighted by molar-refractivity contribution is -0.231. The number of carbonyl (C=O) groups is 1. The van der Waals surface area contributed by atoms with Gasteiger partial charge in [0.25, 0.3) is 0 Å². The van der Waals surface area contributed by atoms with Crippen molar-refractivity contribution in [1.29, 1.82) is 0 Å². The minimum Gasteiger partial charge on any atom is -0.462 e. The third-order valence-corrected chi connectivity index (χ3v) is 13.5. The third-order valence-electron chi connectivity index (χ3n) is 13.5. The summed E-state index contributed by atoms with van der Waals surface area (Å²) in [4.78, 5) is 11.9. The van der Waals surface area contributed by atoms with E-state index in [1.54, 1.807) is 6.92 Å². The molecule has 4 heteroatoms. The molecule has 0 aromatic heterocycles. The quantitative estimate of drug-likeness (QED) is 0.411. The Hall–Kier alpha value is -0.610. The van der Waals surface area contributed by atoms with Crippen molar-refractivity contribution in [3.05, 3.63) is 0 Å². The first kappa shape index (κ1) is 27.0. The van der Waals surface area contributed by atoms with Gasteiger partial charge in [-0.05, 0) is 125 Å². The second kappa shape index (κ2) is 8.20. The molecule has 1 saturated heterocycles. The fourth-order valence-electron chi connectivity index (χ4n) is 11.5. The van der Waals surface area contributed by atoms with Crippen LogP contribution in [-0.4, -0.2) is 34.5 Å². The Morgan fingerprint density at radius 1 is 0.806 bits per heavy atom. The predicted octanol–water partition coefficient (Wildman–Crippen LogP) is 7.31. The van der Waals surface area contributed by atoms with Crippen LogP contribution in [-0.2, 0) is 14.3 Å². The van der Waals surface area contributed by atoms with Gasteiger partial charge in [-0.2, -0.15) is 0 Å². The molecular weight excluding hydrogens is 448 g/mol. The van der Waals surface area contributed by atoms with Crippen molar-refractivity contribution in [2.24, 2.45) is 45.3 Å². The molecule has 10 atom stereocenters. The number of hydrogen-bond donors (Lipinski definition) is 1. The van der Waals surface area contributed by atoms with Gasteiger partial charge in [-0.3, -0.25) is 4.79 Å². The van der Waals surface area contributed by atoms with Gasteiger partial charge in [-0.1, -0.05) is 34.6 Å². The zero-order valence-corrected chi connectivity index (χ0v) is 24.7. The molecule has 5 rings (SSSR count). The Kier molecular flexibility index (Phi) is 6.14. The number of carbonyl (C=O) groups excluding carboxylic acids is 1. The monoisotopic (exact) mass is 502 g/mol. The summed E-state index contributed by atoms with van der Waals surface area (Å²) in [6.07, 6.45) is 11.9. The predicted molar refractivity (Wildman–Crippen MR) is 143 cm³/mol. The van der Waals surface area contributed by atoms with Gasteiger partial charge in [0.05, 0.1) is 17.3 Å². The Balaban J connectivity index is 1.42. The summed E-state index contributed by atoms with van der Waals surface area (Å²) in [5, 5.41) is 10.7. The minimum absolute atomic E-state index is 0.0211. The fraction of sp³-hybridized carbons (Fsp3) is 0.969. The molecule has 4 nitrogen and oxygen atoms in total. The molecule has 0 aromatic rings. The molecule has 4 aliphatic carbocycles. The first-order valence-corrected chi connectivity index (χ1v) is 15.1. The summed E-state index contributed by atoms with van der Waals surface area (Å²) in [7, 11) is 0. The summed E-state index contributed by atoms with van der Waals surface area (Å²) in [6, 6.07) is 0. The standard InChI is InChI=1S/C32H54O4/c1-20(33)35-25-14-16-29(6)23(27(25,2)3)13-18-31(8)24(29)11-10-21-22(12-17-30(21,31)7)32(9)19-15-26(36-32)28(4,5)34/h21-26,34H,10-19H2,1-9H3/t21?,22-,23?,24?,25-,26-,29-,30+,31+,32?/m0/s1. The summed E-state index contributed by atoms with van der Waals surface area (Å²) < 4.78 is 12.6. The highest BCUT2D eigenvalue weighted by Crippen LogP contribution is 2.76. The largest absolute Gasteiger partial charge is 0.462 e. The van der Waals surface area contributed by atoms with Gasteiger partial charge in [-0.25, -0.2) is 0 Å². The Bertz CT molecular complexity index is 889. The number of aliphatic hydroxyl groups is 1. The highest BCUT2D eigenvalue weighted by Gasteiger charge is 2.70. The summed E-state index contributed by atoms with van der Waals surface area (Å²) >= 11 is 0. The van der Waals surface area contributed by atoms with Gasteiger partial charge < -0.3 is 14.6 Å². The van der Waals surface area contributed by atoms with E-state index >= 15 is 0 Å². The maximum Gasteiger partial charge on any atom is 0.302 e. The highest BCUT2D eigenvalue weighted by atomic mass is 16.5. The fourth-order valence-corrected chi connectivity index (χ4v) is 11.5. The minimum atomic E-state index is -0.770. The maximum absolute atomic E-state index is 11.9. The molecule has 0 aromatic carbocycles. The molecule has 0 amide bonds. The average molecular weight is 503 g/mol. The van der Waals surface area contributed by atoms with Crippen molar-refractivity contribution in [2.75, 3.05) is 0 Å². The maximum atomic E-state index is 11.9. The van der Waals surface area contributed by atoms with Crippen LogP contribution in [0.4, 0.5) is 0 Å². The van der Waals surface area contributed by atoms with E-state index in [9.17, 15) is 9.90 Å². The van der Waals surface area contributed by atoms with E-state index in [-0.39, 0.29) is 29.2 Å². The van der Waals surface area contributed by atoms with Crippen LogP contribution in [0.15, 0.2) is 0 Å². The van der Waals surface area contributed by atoms with E-state index in [0.29, 0.717) is 34.0 Å². The van der Waals surface area contributed by atoms with E-state index in [0.717, 1.165) is 25.2 Å². The third kappa shape index (κ3) is 3.62. The van der Waals surface area contributed by atoms with Crippen LogP contribution in [0.5, 0.6) is 0 Å². The molecule has 5 aliphatic rings. The molecule has 4 unspecified atom stereocenters. The highest BCUT2D eigenvalue weighted by molar-refractivity contribution is 5.66. The molecule has 4 saturated carbocycles. The molecule has 1 N–H and O–H groups in total. The van der Waals surface area contributed by atoms with Crippen molar-refractivity contribution in [3.8, 4) is 0 Å². The first-order chi connectivity index (χ1) is 16.5. The van der Waals surface area contributed by atoms with Gasteiger partial charge in [0, 0.05) is 12.3 Å². The summed E-state index contributed by atoms with van der Waals surface area (Å²) in [5.41, 5.74) is 0.122. The van der Waals surface area contributed by atoms with Gasteiger partial charge in [0.2, 0.25) is 0 Å². The van der Waals surface area contributed by atoms with Crippen LogP contribution in [0, 0.1) is 45.3 Å². The van der Waals surface area contributed by atoms with E-state index in [1.165, 1.54) is 44.9 Å². The Labute approximate surface area is 220 Å². The first-order valence-electron chi connectivity index (χ1n) is 15.1. The molecule has 5 fully saturated rings. The van der Waals surface area contributed by atoms with E-state index < -0.39 is 5.60 Å². The SMILES string of the molecule is CC(=O)O[C@H]1CC[C@@]2(C)C(CC[C@]3(C)C2CCC2[C@@H](C4(C)CC[C@@H](C(C)(C)O)O4)CC[C@]23C)C1(C)C. The van der Waals surface area contributed by atoms with Crippen molar-refractivity contribution in [3.63, 3.8) is 0 Å².